The Kier molecular flexibility index (Phi) is 4.76. The minimum absolute atomic E-state index is 0.175. The fourth-order valence-electron chi connectivity index (χ4n) is 2.62. The van der Waals surface area contributed by atoms with E-state index in [1.165, 1.54) is 12.1 Å². The second-order valence-corrected chi connectivity index (χ2v) is 5.75. The van der Waals surface area contributed by atoms with Crippen LogP contribution in [-0.4, -0.2) is 24.0 Å². The van der Waals surface area contributed by atoms with Crippen molar-refractivity contribution in [2.75, 3.05) is 18.0 Å². The van der Waals surface area contributed by atoms with Gasteiger partial charge in [-0.2, -0.15) is 0 Å². The smallest absolute Gasteiger partial charge is 0.342 e. The van der Waals surface area contributed by atoms with Gasteiger partial charge in [-0.05, 0) is 37.1 Å². The van der Waals surface area contributed by atoms with E-state index >= 15 is 0 Å². The Bertz CT molecular complexity index is 697. The van der Waals surface area contributed by atoms with Crippen LogP contribution >= 0.6 is 11.6 Å². The third-order valence-corrected chi connectivity index (χ3v) is 4.18. The molecule has 0 unspecified atom stereocenters. The lowest BCUT2D eigenvalue weighted by Crippen LogP contribution is -2.22. The number of ether oxygens (including phenoxy) is 1. The normalized spacial score (nSPS) is 14.1. The van der Waals surface area contributed by atoms with Gasteiger partial charge in [0.05, 0.1) is 5.02 Å². The summed E-state index contributed by atoms with van der Waals surface area (Å²) in [6.07, 6.45) is 3.81. The van der Waals surface area contributed by atoms with Crippen LogP contribution in [0.3, 0.4) is 0 Å². The predicted molar refractivity (Wildman–Crippen MR) is 86.2 cm³/mol. The van der Waals surface area contributed by atoms with Gasteiger partial charge in [0, 0.05) is 24.8 Å². The number of nitrogens with zero attached hydrogens (tertiary/aromatic N) is 2. The first-order chi connectivity index (χ1) is 11.2. The van der Waals surface area contributed by atoms with Gasteiger partial charge in [0.25, 0.3) is 0 Å². The van der Waals surface area contributed by atoms with E-state index in [4.69, 9.17) is 16.3 Å². The van der Waals surface area contributed by atoms with Gasteiger partial charge in [0.15, 0.2) is 0 Å². The van der Waals surface area contributed by atoms with Gasteiger partial charge in [0.2, 0.25) is 0 Å². The minimum Gasteiger partial charge on any atom is -0.457 e. The van der Waals surface area contributed by atoms with Crippen LogP contribution in [0.1, 0.15) is 28.8 Å². The van der Waals surface area contributed by atoms with Crippen molar-refractivity contribution in [1.82, 2.24) is 4.98 Å². The topological polar surface area (TPSA) is 42.4 Å². The molecule has 1 aromatic carbocycles. The number of rotatable bonds is 4. The monoisotopic (exact) mass is 334 g/mol. The van der Waals surface area contributed by atoms with Crippen LogP contribution in [0.5, 0.6) is 0 Å². The van der Waals surface area contributed by atoms with E-state index in [-0.39, 0.29) is 17.2 Å². The maximum Gasteiger partial charge on any atom is 0.342 e. The molecule has 0 amide bonds. The number of benzene rings is 1. The molecule has 2 aromatic rings. The number of hydrogen-bond donors (Lipinski definition) is 0. The maximum atomic E-state index is 13.7. The molecule has 0 radical (unpaired) electrons. The Balaban J connectivity index is 1.76. The van der Waals surface area contributed by atoms with Crippen molar-refractivity contribution < 1.29 is 13.9 Å². The van der Waals surface area contributed by atoms with Crippen molar-refractivity contribution in [1.29, 1.82) is 0 Å². The molecule has 4 nitrogen and oxygen atoms in total. The molecule has 1 aliphatic heterocycles. The first kappa shape index (κ1) is 15.7. The van der Waals surface area contributed by atoms with Crippen LogP contribution < -0.4 is 4.90 Å². The van der Waals surface area contributed by atoms with Gasteiger partial charge >= 0.3 is 5.97 Å². The van der Waals surface area contributed by atoms with Gasteiger partial charge < -0.3 is 9.64 Å². The van der Waals surface area contributed by atoms with E-state index in [0.717, 1.165) is 25.9 Å². The molecule has 0 spiro atoms. The van der Waals surface area contributed by atoms with Gasteiger partial charge in [-0.15, -0.1) is 0 Å². The molecule has 0 N–H and O–H groups in total. The molecule has 1 saturated heterocycles. The van der Waals surface area contributed by atoms with Gasteiger partial charge in [0.1, 0.15) is 23.8 Å². The van der Waals surface area contributed by atoms with Crippen molar-refractivity contribution in [2.45, 2.75) is 19.4 Å². The number of halogens is 2. The molecule has 6 heteroatoms. The van der Waals surface area contributed by atoms with Crippen molar-refractivity contribution in [3.63, 3.8) is 0 Å². The van der Waals surface area contributed by atoms with E-state index in [0.29, 0.717) is 11.4 Å². The zero-order valence-electron chi connectivity index (χ0n) is 12.5. The molecular weight excluding hydrogens is 319 g/mol. The highest BCUT2D eigenvalue weighted by molar-refractivity contribution is 6.31. The zero-order valence-corrected chi connectivity index (χ0v) is 13.2. The highest BCUT2D eigenvalue weighted by atomic mass is 35.5. The molecule has 0 bridgehead atoms. The zero-order chi connectivity index (χ0) is 16.2. The molecule has 1 fully saturated rings. The molecule has 0 atom stereocenters. The lowest BCUT2D eigenvalue weighted by Gasteiger charge is -2.19. The number of hydrogen-bond acceptors (Lipinski definition) is 4. The van der Waals surface area contributed by atoms with Gasteiger partial charge in [-0.1, -0.05) is 17.7 Å². The second kappa shape index (κ2) is 6.96. The van der Waals surface area contributed by atoms with Crippen molar-refractivity contribution in [3.05, 3.63) is 58.5 Å². The first-order valence-electron chi connectivity index (χ1n) is 7.47. The number of carbonyl (C=O) groups is 1. The quantitative estimate of drug-likeness (QED) is 0.797. The largest absolute Gasteiger partial charge is 0.457 e. The van der Waals surface area contributed by atoms with E-state index < -0.39 is 11.8 Å². The summed E-state index contributed by atoms with van der Waals surface area (Å²) in [6, 6.07) is 7.72. The summed E-state index contributed by atoms with van der Waals surface area (Å²) in [5.41, 5.74) is 0.566. The van der Waals surface area contributed by atoms with Crippen LogP contribution in [0.25, 0.3) is 0 Å². The van der Waals surface area contributed by atoms with Crippen LogP contribution in [0.2, 0.25) is 5.02 Å². The molecule has 0 saturated carbocycles. The highest BCUT2D eigenvalue weighted by Crippen LogP contribution is 2.24. The minimum atomic E-state index is -0.528. The lowest BCUT2D eigenvalue weighted by molar-refractivity contribution is 0.0469. The summed E-state index contributed by atoms with van der Waals surface area (Å²) in [6.45, 7) is 1.53. The maximum absolute atomic E-state index is 13.7. The summed E-state index contributed by atoms with van der Waals surface area (Å²) in [5.74, 6) is -0.398. The third kappa shape index (κ3) is 3.45. The van der Waals surface area contributed by atoms with Crippen molar-refractivity contribution in [2.24, 2.45) is 0 Å². The molecule has 120 valence electrons. The molecule has 2 heterocycles. The van der Waals surface area contributed by atoms with Crippen LogP contribution in [0.15, 0.2) is 36.5 Å². The van der Waals surface area contributed by atoms with Crippen LogP contribution in [-0.2, 0) is 11.3 Å². The summed E-state index contributed by atoms with van der Waals surface area (Å²) < 4.78 is 19.0. The Morgan fingerprint density at radius 3 is 2.78 bits per heavy atom. The van der Waals surface area contributed by atoms with E-state index in [9.17, 15) is 9.18 Å². The number of aromatic nitrogens is 1. The van der Waals surface area contributed by atoms with E-state index in [2.05, 4.69) is 9.88 Å². The molecule has 23 heavy (non-hydrogen) atoms. The fraction of sp³-hybridized carbons (Fsp3) is 0.294. The van der Waals surface area contributed by atoms with Gasteiger partial charge in [-0.3, -0.25) is 0 Å². The second-order valence-electron chi connectivity index (χ2n) is 5.35. The Morgan fingerprint density at radius 1 is 1.26 bits per heavy atom. The Morgan fingerprint density at radius 2 is 2.04 bits per heavy atom. The van der Waals surface area contributed by atoms with Crippen molar-refractivity contribution >= 4 is 23.4 Å². The molecule has 3 rings (SSSR count). The predicted octanol–water partition coefficient (Wildman–Crippen LogP) is 3.83. The number of carbonyl (C=O) groups excluding carboxylic acids is 1. The summed E-state index contributed by atoms with van der Waals surface area (Å²) in [7, 11) is 0. The molecule has 1 aromatic heterocycles. The average molecular weight is 335 g/mol. The lowest BCUT2D eigenvalue weighted by atomic mass is 10.2. The fourth-order valence-corrected chi connectivity index (χ4v) is 2.84. The standard InChI is InChI=1S/C17H16ClFN2O2/c18-14-6-3-7-15(19)13(14)11-23-17(22)12-5-4-8-20-16(12)21-9-1-2-10-21/h3-8H,1-2,9-11H2. The Hall–Kier alpha value is -2.14. The molecule has 1 aliphatic rings. The first-order valence-corrected chi connectivity index (χ1v) is 7.84. The molecule has 0 aliphatic carbocycles. The average Bonchev–Trinajstić information content (AvgIpc) is 3.08. The van der Waals surface area contributed by atoms with Crippen LogP contribution in [0.4, 0.5) is 10.2 Å². The molecular formula is C17H16ClFN2O2. The third-order valence-electron chi connectivity index (χ3n) is 3.82. The van der Waals surface area contributed by atoms with Gasteiger partial charge in [-0.25, -0.2) is 14.2 Å². The van der Waals surface area contributed by atoms with Crippen molar-refractivity contribution in [3.8, 4) is 0 Å². The number of pyridine rings is 1. The number of esters is 1. The summed E-state index contributed by atoms with van der Waals surface area (Å²) in [4.78, 5) is 18.7. The Labute approximate surface area is 138 Å². The SMILES string of the molecule is O=C(OCc1c(F)cccc1Cl)c1cccnc1N1CCCC1. The van der Waals surface area contributed by atoms with Crippen LogP contribution in [0, 0.1) is 5.82 Å². The summed E-state index contributed by atoms with van der Waals surface area (Å²) >= 11 is 5.94. The summed E-state index contributed by atoms with van der Waals surface area (Å²) in [5, 5.41) is 0.240. The number of anilines is 1. The van der Waals surface area contributed by atoms with E-state index in [1.807, 2.05) is 0 Å². The van der Waals surface area contributed by atoms with E-state index in [1.54, 1.807) is 24.4 Å². The highest BCUT2D eigenvalue weighted by Gasteiger charge is 2.22.